The van der Waals surface area contributed by atoms with E-state index in [9.17, 15) is 0 Å². The third-order valence-corrected chi connectivity index (χ3v) is 2.82. The Morgan fingerprint density at radius 3 is 2.37 bits per heavy atom. The second-order valence-corrected chi connectivity index (χ2v) is 6.72. The average molecular weight is 267 g/mol. The molecule has 0 fully saturated rings. The summed E-state index contributed by atoms with van der Waals surface area (Å²) in [7, 11) is 0. The molecule has 0 radical (unpaired) electrons. The van der Waals surface area contributed by atoms with Crippen LogP contribution in [-0.2, 0) is 17.9 Å². The lowest BCUT2D eigenvalue weighted by Gasteiger charge is -2.19. The highest BCUT2D eigenvalue weighted by Crippen LogP contribution is 2.14. The van der Waals surface area contributed by atoms with Crippen molar-refractivity contribution in [3.8, 4) is 0 Å². The van der Waals surface area contributed by atoms with Gasteiger partial charge in [-0.25, -0.2) is 0 Å². The van der Waals surface area contributed by atoms with E-state index in [1.165, 1.54) is 0 Å². The summed E-state index contributed by atoms with van der Waals surface area (Å²) in [5.41, 5.74) is 0.106. The van der Waals surface area contributed by atoms with Crippen LogP contribution >= 0.6 is 0 Å². The van der Waals surface area contributed by atoms with E-state index in [2.05, 4.69) is 46.9 Å². The van der Waals surface area contributed by atoms with Gasteiger partial charge in [-0.3, -0.25) is 0 Å². The molecule has 0 aliphatic heterocycles. The Bertz CT molecular complexity index is 363. The molecule has 0 aliphatic rings. The van der Waals surface area contributed by atoms with Crippen molar-refractivity contribution in [2.45, 2.75) is 72.8 Å². The minimum Gasteiger partial charge on any atom is -0.462 e. The van der Waals surface area contributed by atoms with Gasteiger partial charge in [0, 0.05) is 5.54 Å². The Morgan fingerprint density at radius 1 is 1.16 bits per heavy atom. The van der Waals surface area contributed by atoms with Gasteiger partial charge in [0.05, 0.1) is 12.6 Å². The SMILES string of the molecule is CC(C)CC(C)OCc1ccc(CNC(C)(C)C)o1. The van der Waals surface area contributed by atoms with Crippen LogP contribution in [-0.4, -0.2) is 11.6 Å². The van der Waals surface area contributed by atoms with Crippen LogP contribution in [0.3, 0.4) is 0 Å². The second kappa shape index (κ2) is 7.11. The molecule has 0 spiro atoms. The molecule has 19 heavy (non-hydrogen) atoms. The van der Waals surface area contributed by atoms with Crippen molar-refractivity contribution >= 4 is 0 Å². The van der Waals surface area contributed by atoms with Gasteiger partial charge in [0.2, 0.25) is 0 Å². The number of furan rings is 1. The lowest BCUT2D eigenvalue weighted by Crippen LogP contribution is -2.34. The first-order chi connectivity index (χ1) is 8.76. The second-order valence-electron chi connectivity index (χ2n) is 6.72. The summed E-state index contributed by atoms with van der Waals surface area (Å²) in [6.45, 7) is 14.3. The summed E-state index contributed by atoms with van der Waals surface area (Å²) in [6.07, 6.45) is 1.36. The van der Waals surface area contributed by atoms with E-state index < -0.39 is 0 Å². The van der Waals surface area contributed by atoms with E-state index in [1.807, 2.05) is 12.1 Å². The molecular weight excluding hydrogens is 238 g/mol. The van der Waals surface area contributed by atoms with Crippen LogP contribution in [0, 0.1) is 5.92 Å². The van der Waals surface area contributed by atoms with Crippen LogP contribution in [0.5, 0.6) is 0 Å². The van der Waals surface area contributed by atoms with Gasteiger partial charge in [-0.1, -0.05) is 13.8 Å². The Balaban J connectivity index is 2.34. The van der Waals surface area contributed by atoms with Gasteiger partial charge >= 0.3 is 0 Å². The predicted molar refractivity (Wildman–Crippen MR) is 79.0 cm³/mol. The Labute approximate surface area is 117 Å². The third kappa shape index (κ3) is 7.38. The van der Waals surface area contributed by atoms with Crippen molar-refractivity contribution in [2.75, 3.05) is 0 Å². The first-order valence-electron chi connectivity index (χ1n) is 7.20. The summed E-state index contributed by atoms with van der Waals surface area (Å²) in [5, 5.41) is 3.41. The molecule has 0 amide bonds. The fraction of sp³-hybridized carbons (Fsp3) is 0.750. The molecule has 1 N–H and O–H groups in total. The number of rotatable bonds is 7. The predicted octanol–water partition coefficient (Wildman–Crippen LogP) is 4.12. The van der Waals surface area contributed by atoms with E-state index in [0.717, 1.165) is 24.5 Å². The molecule has 1 heterocycles. The molecule has 0 saturated carbocycles. The standard InChI is InChI=1S/C16H29NO2/c1-12(2)9-13(3)18-11-15-8-7-14(19-15)10-17-16(4,5)6/h7-8,12-13,17H,9-11H2,1-6H3. The van der Waals surface area contributed by atoms with Gasteiger partial charge < -0.3 is 14.5 Å². The molecule has 1 aromatic rings. The van der Waals surface area contributed by atoms with Gasteiger partial charge in [-0.15, -0.1) is 0 Å². The minimum absolute atomic E-state index is 0.106. The normalized spacial score (nSPS) is 14.1. The fourth-order valence-electron chi connectivity index (χ4n) is 1.90. The van der Waals surface area contributed by atoms with Crippen molar-refractivity contribution in [3.63, 3.8) is 0 Å². The van der Waals surface area contributed by atoms with Crippen LogP contribution < -0.4 is 5.32 Å². The zero-order valence-electron chi connectivity index (χ0n) is 13.2. The van der Waals surface area contributed by atoms with Crippen molar-refractivity contribution in [1.82, 2.24) is 5.32 Å². The van der Waals surface area contributed by atoms with Gasteiger partial charge in [-0.05, 0) is 52.2 Å². The Hall–Kier alpha value is -0.800. The average Bonchev–Trinajstić information content (AvgIpc) is 2.69. The molecule has 3 heteroatoms. The van der Waals surface area contributed by atoms with E-state index in [0.29, 0.717) is 12.5 Å². The van der Waals surface area contributed by atoms with Crippen molar-refractivity contribution in [3.05, 3.63) is 23.7 Å². The molecule has 0 bridgehead atoms. The van der Waals surface area contributed by atoms with Crippen LogP contribution in [0.15, 0.2) is 16.5 Å². The van der Waals surface area contributed by atoms with Crippen molar-refractivity contribution in [1.29, 1.82) is 0 Å². The quantitative estimate of drug-likeness (QED) is 0.807. The zero-order chi connectivity index (χ0) is 14.5. The highest BCUT2D eigenvalue weighted by atomic mass is 16.5. The molecule has 0 aromatic carbocycles. The van der Waals surface area contributed by atoms with Gasteiger partial charge in [-0.2, -0.15) is 0 Å². The van der Waals surface area contributed by atoms with Gasteiger partial charge in [0.25, 0.3) is 0 Å². The largest absolute Gasteiger partial charge is 0.462 e. The highest BCUT2D eigenvalue weighted by Gasteiger charge is 2.11. The maximum Gasteiger partial charge on any atom is 0.129 e. The van der Waals surface area contributed by atoms with E-state index in [4.69, 9.17) is 9.15 Å². The van der Waals surface area contributed by atoms with Crippen LogP contribution in [0.4, 0.5) is 0 Å². The fourth-order valence-corrected chi connectivity index (χ4v) is 1.90. The molecule has 0 saturated heterocycles. The molecule has 3 nitrogen and oxygen atoms in total. The maximum atomic E-state index is 5.78. The number of nitrogens with one attached hydrogen (secondary N) is 1. The van der Waals surface area contributed by atoms with E-state index in [-0.39, 0.29) is 11.6 Å². The summed E-state index contributed by atoms with van der Waals surface area (Å²) >= 11 is 0. The van der Waals surface area contributed by atoms with Gasteiger partial charge in [0.1, 0.15) is 18.1 Å². The van der Waals surface area contributed by atoms with Crippen LogP contribution in [0.2, 0.25) is 0 Å². The molecular formula is C16H29NO2. The van der Waals surface area contributed by atoms with Crippen LogP contribution in [0.25, 0.3) is 0 Å². The topological polar surface area (TPSA) is 34.4 Å². The smallest absolute Gasteiger partial charge is 0.129 e. The van der Waals surface area contributed by atoms with Crippen LogP contribution in [0.1, 0.15) is 59.5 Å². The van der Waals surface area contributed by atoms with E-state index in [1.54, 1.807) is 0 Å². The monoisotopic (exact) mass is 267 g/mol. The maximum absolute atomic E-state index is 5.78. The molecule has 1 rings (SSSR count). The van der Waals surface area contributed by atoms with Crippen molar-refractivity contribution < 1.29 is 9.15 Å². The Kier molecular flexibility index (Phi) is 6.08. The molecule has 1 aromatic heterocycles. The third-order valence-electron chi connectivity index (χ3n) is 2.82. The lowest BCUT2D eigenvalue weighted by molar-refractivity contribution is 0.0297. The molecule has 110 valence electrons. The number of ether oxygens (including phenoxy) is 1. The lowest BCUT2D eigenvalue weighted by atomic mass is 10.1. The molecule has 1 atom stereocenters. The highest BCUT2D eigenvalue weighted by molar-refractivity contribution is 5.06. The zero-order valence-corrected chi connectivity index (χ0v) is 13.2. The molecule has 0 aliphatic carbocycles. The minimum atomic E-state index is 0.106. The van der Waals surface area contributed by atoms with E-state index >= 15 is 0 Å². The summed E-state index contributed by atoms with van der Waals surface area (Å²) < 4.78 is 11.5. The van der Waals surface area contributed by atoms with Crippen molar-refractivity contribution in [2.24, 2.45) is 5.92 Å². The first-order valence-corrected chi connectivity index (χ1v) is 7.20. The first kappa shape index (κ1) is 16.3. The Morgan fingerprint density at radius 2 is 1.79 bits per heavy atom. The molecule has 1 unspecified atom stereocenters. The summed E-state index contributed by atoms with van der Waals surface area (Å²) in [5.74, 6) is 2.53. The van der Waals surface area contributed by atoms with Gasteiger partial charge in [0.15, 0.2) is 0 Å². The number of hydrogen-bond acceptors (Lipinski definition) is 3. The summed E-state index contributed by atoms with van der Waals surface area (Å²) in [6, 6.07) is 4.02. The number of hydrogen-bond donors (Lipinski definition) is 1. The summed E-state index contributed by atoms with van der Waals surface area (Å²) in [4.78, 5) is 0.